The van der Waals surface area contributed by atoms with E-state index in [1.807, 2.05) is 65.0 Å². The van der Waals surface area contributed by atoms with E-state index in [0.717, 1.165) is 10.6 Å². The summed E-state index contributed by atoms with van der Waals surface area (Å²) in [6.07, 6.45) is 0.548. The third-order valence-corrected chi connectivity index (χ3v) is 8.26. The molecule has 0 spiro atoms. The molecule has 1 atom stereocenters. The van der Waals surface area contributed by atoms with Gasteiger partial charge in [0.1, 0.15) is 0 Å². The first-order chi connectivity index (χ1) is 18.7. The molecule has 0 bridgehead atoms. The molecule has 3 N–H and O–H groups in total. The van der Waals surface area contributed by atoms with Gasteiger partial charge in [0.2, 0.25) is 15.9 Å². The van der Waals surface area contributed by atoms with Gasteiger partial charge in [-0.3, -0.25) is 15.0 Å². The highest BCUT2D eigenvalue weighted by molar-refractivity contribution is 7.89. The molecule has 0 radical (unpaired) electrons. The molecule has 0 fully saturated rings. The zero-order valence-corrected chi connectivity index (χ0v) is 25.5. The molecular formula is C30H46N4O5S. The summed E-state index contributed by atoms with van der Waals surface area (Å²) in [6.45, 7) is 9.85. The Morgan fingerprint density at radius 1 is 0.950 bits per heavy atom. The Labute approximate surface area is 240 Å². The molecule has 2 amide bonds. The second-order valence-electron chi connectivity index (χ2n) is 11.8. The summed E-state index contributed by atoms with van der Waals surface area (Å²) >= 11 is 0. The Kier molecular flexibility index (Phi) is 12.3. The second-order valence-corrected chi connectivity index (χ2v) is 13.8. The highest BCUT2D eigenvalue weighted by atomic mass is 32.2. The zero-order chi connectivity index (χ0) is 30.0. The standard InChI is InChI=1S/C30H46N4O5S/c1-24(2)17-19-33(40(38,39)26-15-11-8-12-16-26)20-18-30(37,21-25-13-9-7-10-14-25)34(32-27(35)23-31-6)28(36)22-29(3,4)5/h7-16,24,31,37H,17-23H2,1-6H3,(H,32,35). The predicted octanol–water partition coefficient (Wildman–Crippen LogP) is 3.56. The number of carbonyl (C=O) groups is 2. The number of hydrogen-bond acceptors (Lipinski definition) is 6. The number of likely N-dealkylation sites (N-methyl/N-ethyl adjacent to an activating group) is 1. The predicted molar refractivity (Wildman–Crippen MR) is 157 cm³/mol. The zero-order valence-electron chi connectivity index (χ0n) is 24.7. The summed E-state index contributed by atoms with van der Waals surface area (Å²) in [7, 11) is -2.27. The molecule has 40 heavy (non-hydrogen) atoms. The van der Waals surface area contributed by atoms with E-state index in [0.29, 0.717) is 6.42 Å². The molecular weight excluding hydrogens is 528 g/mol. The molecule has 0 aromatic heterocycles. The van der Waals surface area contributed by atoms with Crippen molar-refractivity contribution in [2.45, 2.75) is 70.9 Å². The van der Waals surface area contributed by atoms with Crippen molar-refractivity contribution in [1.29, 1.82) is 0 Å². The molecule has 2 rings (SSSR count). The fourth-order valence-corrected chi connectivity index (χ4v) is 5.73. The Morgan fingerprint density at radius 2 is 1.52 bits per heavy atom. The number of hydrazine groups is 1. The average Bonchev–Trinajstić information content (AvgIpc) is 2.87. The molecule has 1 unspecified atom stereocenters. The molecule has 9 nitrogen and oxygen atoms in total. The van der Waals surface area contributed by atoms with Gasteiger partial charge in [-0.2, -0.15) is 4.31 Å². The number of sulfonamides is 1. The normalized spacial score (nSPS) is 13.7. The lowest BCUT2D eigenvalue weighted by atomic mass is 9.90. The van der Waals surface area contributed by atoms with E-state index < -0.39 is 33.0 Å². The summed E-state index contributed by atoms with van der Waals surface area (Å²) in [4.78, 5) is 26.5. The largest absolute Gasteiger partial charge is 0.369 e. The average molecular weight is 575 g/mol. The number of carbonyl (C=O) groups excluding carboxylic acids is 2. The van der Waals surface area contributed by atoms with Crippen LogP contribution in [0.15, 0.2) is 65.6 Å². The van der Waals surface area contributed by atoms with Gasteiger partial charge < -0.3 is 10.4 Å². The van der Waals surface area contributed by atoms with E-state index in [1.54, 1.807) is 37.4 Å². The van der Waals surface area contributed by atoms with Gasteiger partial charge in [-0.15, -0.1) is 0 Å². The van der Waals surface area contributed by atoms with Crippen LogP contribution in [0.5, 0.6) is 0 Å². The van der Waals surface area contributed by atoms with Crippen molar-refractivity contribution in [3.8, 4) is 0 Å². The number of rotatable bonds is 14. The fourth-order valence-electron chi connectivity index (χ4n) is 4.26. The van der Waals surface area contributed by atoms with Crippen molar-refractivity contribution in [2.75, 3.05) is 26.7 Å². The van der Waals surface area contributed by atoms with Crippen LogP contribution in [0.3, 0.4) is 0 Å². The monoisotopic (exact) mass is 574 g/mol. The van der Waals surface area contributed by atoms with Crippen LogP contribution in [0.2, 0.25) is 0 Å². The third-order valence-electron chi connectivity index (χ3n) is 6.35. The minimum Gasteiger partial charge on any atom is -0.369 e. The summed E-state index contributed by atoms with van der Waals surface area (Å²) in [5.41, 5.74) is 1.02. The number of amides is 2. The van der Waals surface area contributed by atoms with Crippen LogP contribution in [0.1, 0.15) is 59.4 Å². The van der Waals surface area contributed by atoms with Gasteiger partial charge in [0.15, 0.2) is 5.72 Å². The lowest BCUT2D eigenvalue weighted by molar-refractivity contribution is -0.179. The van der Waals surface area contributed by atoms with Crippen molar-refractivity contribution in [3.05, 3.63) is 66.2 Å². The number of aliphatic hydroxyl groups is 1. The van der Waals surface area contributed by atoms with Gasteiger partial charge in [0, 0.05) is 32.4 Å². The van der Waals surface area contributed by atoms with Crippen LogP contribution in [-0.4, -0.2) is 67.1 Å². The van der Waals surface area contributed by atoms with Gasteiger partial charge >= 0.3 is 0 Å². The maximum atomic E-state index is 13.7. The van der Waals surface area contributed by atoms with Gasteiger partial charge in [0.25, 0.3) is 5.91 Å². The summed E-state index contributed by atoms with van der Waals surface area (Å²) in [5.74, 6) is -0.706. The van der Waals surface area contributed by atoms with Gasteiger partial charge in [-0.05, 0) is 42.5 Å². The number of nitrogens with zero attached hydrogens (tertiary/aromatic N) is 2. The molecule has 222 valence electrons. The smallest absolute Gasteiger partial charge is 0.252 e. The topological polar surface area (TPSA) is 119 Å². The van der Waals surface area contributed by atoms with E-state index in [1.165, 1.54) is 4.31 Å². The Bertz CT molecular complexity index is 1180. The number of benzene rings is 2. The maximum absolute atomic E-state index is 13.7. The summed E-state index contributed by atoms with van der Waals surface area (Å²) < 4.78 is 28.7. The quantitative estimate of drug-likeness (QED) is 0.235. The molecule has 0 heterocycles. The van der Waals surface area contributed by atoms with E-state index in [-0.39, 0.29) is 49.7 Å². The summed E-state index contributed by atoms with van der Waals surface area (Å²) in [5, 5.41) is 16.0. The van der Waals surface area contributed by atoms with Crippen LogP contribution >= 0.6 is 0 Å². The Balaban J connectivity index is 2.53. The first-order valence-electron chi connectivity index (χ1n) is 13.8. The number of nitrogens with one attached hydrogen (secondary N) is 2. The van der Waals surface area contributed by atoms with Crippen LogP contribution in [0.4, 0.5) is 0 Å². The van der Waals surface area contributed by atoms with Gasteiger partial charge in [-0.25, -0.2) is 13.4 Å². The molecule has 0 aliphatic rings. The van der Waals surface area contributed by atoms with E-state index in [2.05, 4.69) is 10.7 Å². The minimum atomic E-state index is -3.88. The van der Waals surface area contributed by atoms with Crippen LogP contribution < -0.4 is 10.7 Å². The molecule has 0 saturated carbocycles. The Hall–Kier alpha value is -2.79. The Morgan fingerprint density at radius 3 is 2.05 bits per heavy atom. The van der Waals surface area contributed by atoms with Crippen molar-refractivity contribution in [1.82, 2.24) is 20.1 Å². The molecule has 2 aromatic rings. The number of hydrogen-bond donors (Lipinski definition) is 3. The molecule has 10 heteroatoms. The highest BCUT2D eigenvalue weighted by Crippen LogP contribution is 2.28. The van der Waals surface area contributed by atoms with Crippen molar-refractivity contribution < 1.29 is 23.1 Å². The summed E-state index contributed by atoms with van der Waals surface area (Å²) in [6, 6.07) is 17.3. The molecule has 2 aromatic carbocycles. The molecule has 0 aliphatic carbocycles. The maximum Gasteiger partial charge on any atom is 0.252 e. The van der Waals surface area contributed by atoms with Crippen LogP contribution in [0.25, 0.3) is 0 Å². The van der Waals surface area contributed by atoms with Gasteiger partial charge in [0.05, 0.1) is 11.4 Å². The lowest BCUT2D eigenvalue weighted by Gasteiger charge is -2.41. The van der Waals surface area contributed by atoms with Crippen molar-refractivity contribution in [2.24, 2.45) is 11.3 Å². The van der Waals surface area contributed by atoms with Crippen molar-refractivity contribution in [3.63, 3.8) is 0 Å². The molecule has 0 saturated heterocycles. The second kappa shape index (κ2) is 14.7. The molecule has 0 aliphatic heterocycles. The third kappa shape index (κ3) is 10.3. The van der Waals surface area contributed by atoms with Crippen LogP contribution in [0, 0.1) is 11.3 Å². The lowest BCUT2D eigenvalue weighted by Crippen LogP contribution is -2.63. The first-order valence-corrected chi connectivity index (χ1v) is 15.2. The van der Waals surface area contributed by atoms with E-state index >= 15 is 0 Å². The first kappa shape index (κ1) is 33.4. The SMILES string of the molecule is CNCC(=O)NN(C(=O)CC(C)(C)C)C(O)(CCN(CCC(C)C)S(=O)(=O)c1ccccc1)Cc1ccccc1. The fraction of sp³-hybridized carbons (Fsp3) is 0.533. The van der Waals surface area contributed by atoms with Crippen LogP contribution in [-0.2, 0) is 26.0 Å². The van der Waals surface area contributed by atoms with Crippen molar-refractivity contribution >= 4 is 21.8 Å². The van der Waals surface area contributed by atoms with E-state index in [9.17, 15) is 23.1 Å². The highest BCUT2D eigenvalue weighted by Gasteiger charge is 2.41. The van der Waals surface area contributed by atoms with E-state index in [4.69, 9.17) is 0 Å². The minimum absolute atomic E-state index is 0.00698. The van der Waals surface area contributed by atoms with Gasteiger partial charge in [-0.1, -0.05) is 83.1 Å².